The minimum absolute atomic E-state index is 0.173. The van der Waals surface area contributed by atoms with Crippen LogP contribution in [0.15, 0.2) is 0 Å². The monoisotopic (exact) mass is 269 g/mol. The average Bonchev–Trinajstić information content (AvgIpc) is 3.00. The minimum Gasteiger partial charge on any atom is -0.379 e. The molecule has 0 aromatic heterocycles. The first kappa shape index (κ1) is 14.8. The number of carbonyl (C=O) groups is 1. The van der Waals surface area contributed by atoms with E-state index in [9.17, 15) is 4.79 Å². The molecule has 0 aromatic rings. The van der Waals surface area contributed by atoms with Crippen molar-refractivity contribution in [2.24, 2.45) is 11.1 Å². The fourth-order valence-corrected chi connectivity index (χ4v) is 3.23. The van der Waals surface area contributed by atoms with Gasteiger partial charge in [0.05, 0.1) is 18.6 Å². The maximum Gasteiger partial charge on any atom is 0.232 e. The molecule has 0 aliphatic carbocycles. The highest BCUT2D eigenvalue weighted by molar-refractivity contribution is 5.84. The molecule has 2 rings (SSSR count). The molecule has 19 heavy (non-hydrogen) atoms. The van der Waals surface area contributed by atoms with E-state index in [-0.39, 0.29) is 11.9 Å². The average molecular weight is 269 g/mol. The van der Waals surface area contributed by atoms with Crippen molar-refractivity contribution in [3.8, 4) is 0 Å². The van der Waals surface area contributed by atoms with Crippen LogP contribution in [0.1, 0.15) is 27.2 Å². The van der Waals surface area contributed by atoms with E-state index >= 15 is 0 Å². The van der Waals surface area contributed by atoms with Crippen LogP contribution in [0.5, 0.6) is 0 Å². The molecule has 0 saturated carbocycles. The highest BCUT2D eigenvalue weighted by atomic mass is 16.5. The van der Waals surface area contributed by atoms with Gasteiger partial charge in [-0.15, -0.1) is 0 Å². The highest BCUT2D eigenvalue weighted by Gasteiger charge is 2.47. The number of rotatable bonds is 4. The van der Waals surface area contributed by atoms with E-state index in [4.69, 9.17) is 10.5 Å². The summed E-state index contributed by atoms with van der Waals surface area (Å²) < 4.78 is 5.39. The van der Waals surface area contributed by atoms with Crippen LogP contribution in [-0.4, -0.2) is 67.2 Å². The van der Waals surface area contributed by atoms with E-state index in [1.165, 1.54) is 0 Å². The minimum atomic E-state index is -0.530. The van der Waals surface area contributed by atoms with Crippen molar-refractivity contribution >= 4 is 5.91 Å². The number of nitrogens with zero attached hydrogens (tertiary/aromatic N) is 2. The summed E-state index contributed by atoms with van der Waals surface area (Å²) in [6, 6.07) is 0.327. The van der Waals surface area contributed by atoms with Crippen LogP contribution in [0.25, 0.3) is 0 Å². The Labute approximate surface area is 116 Å². The summed E-state index contributed by atoms with van der Waals surface area (Å²) in [5.41, 5.74) is 5.52. The third kappa shape index (κ3) is 2.64. The fraction of sp³-hybridized carbons (Fsp3) is 0.929. The van der Waals surface area contributed by atoms with Crippen molar-refractivity contribution < 1.29 is 9.53 Å². The molecule has 0 spiro atoms. The van der Waals surface area contributed by atoms with Crippen LogP contribution in [0.2, 0.25) is 0 Å². The fourth-order valence-electron chi connectivity index (χ4n) is 3.23. The summed E-state index contributed by atoms with van der Waals surface area (Å²) >= 11 is 0. The smallest absolute Gasteiger partial charge is 0.232 e. The lowest BCUT2D eigenvalue weighted by Crippen LogP contribution is -2.51. The van der Waals surface area contributed by atoms with Gasteiger partial charge in [-0.3, -0.25) is 9.69 Å². The third-order valence-corrected chi connectivity index (χ3v) is 4.79. The molecule has 0 bridgehead atoms. The number of ether oxygens (including phenoxy) is 1. The Bertz CT molecular complexity index is 333. The molecule has 2 saturated heterocycles. The highest BCUT2D eigenvalue weighted by Crippen LogP contribution is 2.31. The molecule has 110 valence electrons. The molecular formula is C14H27N3O2. The van der Waals surface area contributed by atoms with Gasteiger partial charge >= 0.3 is 0 Å². The normalized spacial score (nSPS) is 35.3. The van der Waals surface area contributed by atoms with Crippen molar-refractivity contribution in [1.82, 2.24) is 9.80 Å². The molecule has 3 unspecified atom stereocenters. The van der Waals surface area contributed by atoms with Gasteiger partial charge in [0.25, 0.3) is 0 Å². The van der Waals surface area contributed by atoms with Crippen molar-refractivity contribution in [2.75, 3.05) is 39.4 Å². The van der Waals surface area contributed by atoms with E-state index in [0.29, 0.717) is 19.3 Å². The maximum absolute atomic E-state index is 12.7. The second-order valence-electron chi connectivity index (χ2n) is 5.95. The van der Waals surface area contributed by atoms with Crippen LogP contribution in [0.4, 0.5) is 0 Å². The van der Waals surface area contributed by atoms with E-state index in [1.54, 1.807) is 0 Å². The van der Waals surface area contributed by atoms with Gasteiger partial charge in [-0.1, -0.05) is 13.8 Å². The molecule has 5 nitrogen and oxygen atoms in total. The van der Waals surface area contributed by atoms with Gasteiger partial charge in [-0.2, -0.15) is 0 Å². The number of hydrogen-bond acceptors (Lipinski definition) is 4. The quantitative estimate of drug-likeness (QED) is 0.797. The summed E-state index contributed by atoms with van der Waals surface area (Å²) in [4.78, 5) is 17.1. The van der Waals surface area contributed by atoms with Crippen molar-refractivity contribution in [3.63, 3.8) is 0 Å². The summed E-state index contributed by atoms with van der Waals surface area (Å²) in [6.45, 7) is 11.0. The number of carbonyl (C=O) groups excluding carboxylic acids is 1. The van der Waals surface area contributed by atoms with E-state index in [2.05, 4.69) is 18.7 Å². The Morgan fingerprint density at radius 1 is 1.47 bits per heavy atom. The van der Waals surface area contributed by atoms with Crippen LogP contribution >= 0.6 is 0 Å². The molecule has 0 radical (unpaired) electrons. The van der Waals surface area contributed by atoms with Gasteiger partial charge < -0.3 is 15.4 Å². The van der Waals surface area contributed by atoms with Crippen LogP contribution < -0.4 is 5.73 Å². The Kier molecular flexibility index (Phi) is 4.48. The van der Waals surface area contributed by atoms with E-state index < -0.39 is 5.41 Å². The molecule has 2 fully saturated rings. The number of amides is 1. The Balaban J connectivity index is 1.99. The first-order valence-corrected chi connectivity index (χ1v) is 7.39. The molecule has 2 aliphatic rings. The maximum atomic E-state index is 12.7. The molecule has 1 amide bonds. The Morgan fingerprint density at radius 2 is 2.16 bits per heavy atom. The molecule has 2 N–H and O–H groups in total. The van der Waals surface area contributed by atoms with Crippen LogP contribution in [-0.2, 0) is 9.53 Å². The van der Waals surface area contributed by atoms with Crippen LogP contribution in [0.3, 0.4) is 0 Å². The second-order valence-corrected chi connectivity index (χ2v) is 5.95. The van der Waals surface area contributed by atoms with Gasteiger partial charge in [0.2, 0.25) is 5.91 Å². The first-order valence-electron chi connectivity index (χ1n) is 7.39. The SMILES string of the molecule is CCN(CC)C1CCN(C(=O)C2(C)COCC2N)C1. The van der Waals surface area contributed by atoms with Gasteiger partial charge in [-0.05, 0) is 26.4 Å². The van der Waals surface area contributed by atoms with E-state index in [0.717, 1.165) is 32.6 Å². The molecule has 3 atom stereocenters. The zero-order valence-electron chi connectivity index (χ0n) is 12.4. The number of likely N-dealkylation sites (tertiary alicyclic amines) is 1. The number of nitrogens with two attached hydrogens (primary N) is 1. The molecule has 2 aliphatic heterocycles. The lowest BCUT2D eigenvalue weighted by atomic mass is 9.84. The van der Waals surface area contributed by atoms with Crippen LogP contribution in [0, 0.1) is 5.41 Å². The topological polar surface area (TPSA) is 58.8 Å². The van der Waals surface area contributed by atoms with Crippen molar-refractivity contribution in [2.45, 2.75) is 39.3 Å². The van der Waals surface area contributed by atoms with Gasteiger partial charge in [0.15, 0.2) is 0 Å². The molecular weight excluding hydrogens is 242 g/mol. The van der Waals surface area contributed by atoms with Gasteiger partial charge in [-0.25, -0.2) is 0 Å². The standard InChI is InChI=1S/C14H27N3O2/c1-4-16(5-2)11-6-7-17(8-11)13(18)14(3)10-19-9-12(14)15/h11-12H,4-10,15H2,1-3H3. The van der Waals surface area contributed by atoms with Crippen molar-refractivity contribution in [1.29, 1.82) is 0 Å². The summed E-state index contributed by atoms with van der Waals surface area (Å²) in [5, 5.41) is 0. The largest absolute Gasteiger partial charge is 0.379 e. The second kappa shape index (κ2) is 5.77. The van der Waals surface area contributed by atoms with Crippen molar-refractivity contribution in [3.05, 3.63) is 0 Å². The summed E-state index contributed by atoms with van der Waals surface area (Å²) in [5.74, 6) is 0.173. The lowest BCUT2D eigenvalue weighted by molar-refractivity contribution is -0.140. The molecule has 0 aromatic carbocycles. The van der Waals surface area contributed by atoms with Gasteiger partial charge in [0.1, 0.15) is 0 Å². The molecule has 2 heterocycles. The summed E-state index contributed by atoms with van der Waals surface area (Å²) in [7, 11) is 0. The number of likely N-dealkylation sites (N-methyl/N-ethyl adjacent to an activating group) is 1. The zero-order valence-corrected chi connectivity index (χ0v) is 12.4. The zero-order chi connectivity index (χ0) is 14.0. The Hall–Kier alpha value is -0.650. The van der Waals surface area contributed by atoms with Gasteiger partial charge in [0, 0.05) is 25.2 Å². The number of hydrogen-bond donors (Lipinski definition) is 1. The Morgan fingerprint density at radius 3 is 2.68 bits per heavy atom. The first-order chi connectivity index (χ1) is 9.02. The predicted octanol–water partition coefficient (Wildman–Crippen LogP) is 0.293. The predicted molar refractivity (Wildman–Crippen MR) is 74.8 cm³/mol. The third-order valence-electron chi connectivity index (χ3n) is 4.79. The lowest BCUT2D eigenvalue weighted by Gasteiger charge is -2.32. The van der Waals surface area contributed by atoms with E-state index in [1.807, 2.05) is 11.8 Å². The molecule has 5 heteroatoms. The summed E-state index contributed by atoms with van der Waals surface area (Å²) in [6.07, 6.45) is 1.07.